The summed E-state index contributed by atoms with van der Waals surface area (Å²) in [6.07, 6.45) is 5.64. The number of nitrogens with one attached hydrogen (secondary N) is 1. The molecule has 2 amide bonds. The minimum absolute atomic E-state index is 0.0942. The van der Waals surface area contributed by atoms with Gasteiger partial charge in [0.2, 0.25) is 0 Å². The second kappa shape index (κ2) is 8.42. The van der Waals surface area contributed by atoms with Crippen molar-refractivity contribution in [3.63, 3.8) is 0 Å². The molecular formula is C19H23N5O2. The molecular weight excluding hydrogens is 330 g/mol. The van der Waals surface area contributed by atoms with Gasteiger partial charge in [0.15, 0.2) is 0 Å². The van der Waals surface area contributed by atoms with E-state index in [1.165, 1.54) is 12.4 Å². The zero-order chi connectivity index (χ0) is 18.4. The zero-order valence-electron chi connectivity index (χ0n) is 14.9. The zero-order valence-corrected chi connectivity index (χ0v) is 14.9. The van der Waals surface area contributed by atoms with Crippen LogP contribution in [0.4, 0.5) is 5.82 Å². The van der Waals surface area contributed by atoms with Crippen LogP contribution in [-0.4, -0.2) is 59.4 Å². The van der Waals surface area contributed by atoms with E-state index >= 15 is 0 Å². The molecule has 1 fully saturated rings. The molecule has 0 saturated carbocycles. The number of rotatable bonds is 5. The van der Waals surface area contributed by atoms with Gasteiger partial charge in [0.1, 0.15) is 5.82 Å². The summed E-state index contributed by atoms with van der Waals surface area (Å²) in [4.78, 5) is 37.2. The first-order valence-corrected chi connectivity index (χ1v) is 8.87. The Balaban J connectivity index is 1.62. The van der Waals surface area contributed by atoms with E-state index in [1.807, 2.05) is 25.1 Å². The van der Waals surface area contributed by atoms with Crippen molar-refractivity contribution in [3.8, 4) is 0 Å². The number of anilines is 1. The highest BCUT2D eigenvalue weighted by Gasteiger charge is 2.23. The summed E-state index contributed by atoms with van der Waals surface area (Å²) < 4.78 is 0. The van der Waals surface area contributed by atoms with Crippen LogP contribution >= 0.6 is 0 Å². The fraction of sp³-hybridized carbons (Fsp3) is 0.368. The molecule has 1 saturated heterocycles. The van der Waals surface area contributed by atoms with Gasteiger partial charge in [0.25, 0.3) is 11.8 Å². The fourth-order valence-electron chi connectivity index (χ4n) is 2.88. The van der Waals surface area contributed by atoms with Gasteiger partial charge in [-0.25, -0.2) is 4.98 Å². The molecule has 3 heterocycles. The van der Waals surface area contributed by atoms with Crippen molar-refractivity contribution in [2.75, 3.05) is 37.6 Å². The Bertz CT molecular complexity index is 758. The van der Waals surface area contributed by atoms with Gasteiger partial charge >= 0.3 is 0 Å². The molecule has 1 N–H and O–H groups in total. The standard InChI is InChI=1S/C19H23N5O2/c1-2-6-22-18(25)15-12-16(14-20-13-15)19(26)24-10-8-23(9-11-24)17-5-3-4-7-21-17/h3-5,7,12-14H,2,6,8-11H2,1H3,(H,22,25). The number of carbonyl (C=O) groups excluding carboxylic acids is 2. The highest BCUT2D eigenvalue weighted by molar-refractivity contribution is 5.99. The number of nitrogens with zero attached hydrogens (tertiary/aromatic N) is 4. The Hall–Kier alpha value is -2.96. The Morgan fingerprint density at radius 2 is 1.88 bits per heavy atom. The van der Waals surface area contributed by atoms with Gasteiger partial charge in [-0.15, -0.1) is 0 Å². The molecule has 2 aromatic rings. The van der Waals surface area contributed by atoms with Crippen LogP contribution in [0.25, 0.3) is 0 Å². The van der Waals surface area contributed by atoms with Crippen molar-refractivity contribution in [2.24, 2.45) is 0 Å². The molecule has 26 heavy (non-hydrogen) atoms. The normalized spacial score (nSPS) is 14.2. The molecule has 0 aliphatic carbocycles. The summed E-state index contributed by atoms with van der Waals surface area (Å²) in [7, 11) is 0. The first-order chi connectivity index (χ1) is 12.7. The van der Waals surface area contributed by atoms with Crippen LogP contribution < -0.4 is 10.2 Å². The van der Waals surface area contributed by atoms with Gasteiger partial charge in [0, 0.05) is 51.3 Å². The summed E-state index contributed by atoms with van der Waals surface area (Å²) in [5.41, 5.74) is 0.858. The lowest BCUT2D eigenvalue weighted by Crippen LogP contribution is -2.49. The largest absolute Gasteiger partial charge is 0.353 e. The van der Waals surface area contributed by atoms with Crippen molar-refractivity contribution in [1.29, 1.82) is 0 Å². The Kier molecular flexibility index (Phi) is 5.78. The topological polar surface area (TPSA) is 78.4 Å². The first kappa shape index (κ1) is 17.8. The van der Waals surface area contributed by atoms with Crippen LogP contribution in [-0.2, 0) is 0 Å². The second-order valence-electron chi connectivity index (χ2n) is 6.19. The quantitative estimate of drug-likeness (QED) is 0.883. The third kappa shape index (κ3) is 4.17. The van der Waals surface area contributed by atoms with Crippen molar-refractivity contribution >= 4 is 17.6 Å². The molecule has 0 unspecified atom stereocenters. The van der Waals surface area contributed by atoms with E-state index in [9.17, 15) is 9.59 Å². The van der Waals surface area contributed by atoms with E-state index in [-0.39, 0.29) is 11.8 Å². The summed E-state index contributed by atoms with van der Waals surface area (Å²) in [5.74, 6) is 0.633. The lowest BCUT2D eigenvalue weighted by atomic mass is 10.1. The number of piperazine rings is 1. The maximum atomic E-state index is 12.8. The average Bonchev–Trinajstić information content (AvgIpc) is 2.72. The molecule has 7 nitrogen and oxygen atoms in total. The molecule has 1 aliphatic heterocycles. The van der Waals surface area contributed by atoms with Gasteiger partial charge in [-0.3, -0.25) is 14.6 Å². The number of hydrogen-bond donors (Lipinski definition) is 1. The summed E-state index contributed by atoms with van der Waals surface area (Å²) in [6.45, 7) is 5.28. The number of pyridine rings is 2. The van der Waals surface area contributed by atoms with Crippen LogP contribution in [0.2, 0.25) is 0 Å². The smallest absolute Gasteiger partial charge is 0.255 e. The molecule has 0 radical (unpaired) electrons. The van der Waals surface area contributed by atoms with Gasteiger partial charge in [-0.05, 0) is 24.6 Å². The maximum absolute atomic E-state index is 12.8. The summed E-state index contributed by atoms with van der Waals surface area (Å²) in [6, 6.07) is 7.44. The van der Waals surface area contributed by atoms with E-state index in [2.05, 4.69) is 20.2 Å². The van der Waals surface area contributed by atoms with Crippen LogP contribution in [0.1, 0.15) is 34.1 Å². The summed E-state index contributed by atoms with van der Waals surface area (Å²) in [5, 5.41) is 2.80. The van der Waals surface area contributed by atoms with Crippen LogP contribution in [0.5, 0.6) is 0 Å². The van der Waals surface area contributed by atoms with Gasteiger partial charge < -0.3 is 15.1 Å². The molecule has 7 heteroatoms. The van der Waals surface area contributed by atoms with E-state index < -0.39 is 0 Å². The van der Waals surface area contributed by atoms with E-state index in [1.54, 1.807) is 17.2 Å². The minimum Gasteiger partial charge on any atom is -0.353 e. The van der Waals surface area contributed by atoms with Crippen molar-refractivity contribution < 1.29 is 9.59 Å². The molecule has 136 valence electrons. The second-order valence-corrected chi connectivity index (χ2v) is 6.19. The Labute approximate surface area is 153 Å². The monoisotopic (exact) mass is 353 g/mol. The molecule has 3 rings (SSSR count). The predicted molar refractivity (Wildman–Crippen MR) is 99.2 cm³/mol. The van der Waals surface area contributed by atoms with Gasteiger partial charge in [0.05, 0.1) is 11.1 Å². The molecule has 2 aromatic heterocycles. The number of aromatic nitrogens is 2. The molecule has 0 bridgehead atoms. The van der Waals surface area contributed by atoms with E-state index in [0.29, 0.717) is 30.8 Å². The lowest BCUT2D eigenvalue weighted by molar-refractivity contribution is 0.0746. The van der Waals surface area contributed by atoms with Crippen LogP contribution in [0, 0.1) is 0 Å². The summed E-state index contributed by atoms with van der Waals surface area (Å²) >= 11 is 0. The van der Waals surface area contributed by atoms with Gasteiger partial charge in [-0.2, -0.15) is 0 Å². The highest BCUT2D eigenvalue weighted by Crippen LogP contribution is 2.14. The average molecular weight is 353 g/mol. The Morgan fingerprint density at radius 3 is 2.58 bits per heavy atom. The van der Waals surface area contributed by atoms with Gasteiger partial charge in [-0.1, -0.05) is 13.0 Å². The molecule has 1 aliphatic rings. The predicted octanol–water partition coefficient (Wildman–Crippen LogP) is 1.58. The molecule has 0 aromatic carbocycles. The minimum atomic E-state index is -0.200. The SMILES string of the molecule is CCCNC(=O)c1cncc(C(=O)N2CCN(c3ccccn3)CC2)c1. The van der Waals surface area contributed by atoms with Crippen molar-refractivity contribution in [2.45, 2.75) is 13.3 Å². The van der Waals surface area contributed by atoms with E-state index in [4.69, 9.17) is 0 Å². The molecule has 0 spiro atoms. The highest BCUT2D eigenvalue weighted by atomic mass is 16.2. The molecule has 0 atom stereocenters. The van der Waals surface area contributed by atoms with E-state index in [0.717, 1.165) is 25.3 Å². The number of hydrogen-bond acceptors (Lipinski definition) is 5. The maximum Gasteiger partial charge on any atom is 0.255 e. The first-order valence-electron chi connectivity index (χ1n) is 8.87. The third-order valence-electron chi connectivity index (χ3n) is 4.32. The van der Waals surface area contributed by atoms with Crippen LogP contribution in [0.15, 0.2) is 42.9 Å². The Morgan fingerprint density at radius 1 is 1.12 bits per heavy atom. The third-order valence-corrected chi connectivity index (χ3v) is 4.32. The van der Waals surface area contributed by atoms with Crippen LogP contribution in [0.3, 0.4) is 0 Å². The fourth-order valence-corrected chi connectivity index (χ4v) is 2.88. The number of carbonyl (C=O) groups is 2. The number of amides is 2. The lowest BCUT2D eigenvalue weighted by Gasteiger charge is -2.35. The van der Waals surface area contributed by atoms with Crippen molar-refractivity contribution in [1.82, 2.24) is 20.2 Å². The van der Waals surface area contributed by atoms with Crippen molar-refractivity contribution in [3.05, 3.63) is 54.0 Å².